The summed E-state index contributed by atoms with van der Waals surface area (Å²) in [6.45, 7) is 9.52. The van der Waals surface area contributed by atoms with E-state index in [1.807, 2.05) is 0 Å². The molecule has 0 aromatic heterocycles. The Hall–Kier alpha value is -9.88. The minimum Gasteiger partial charge on any atom is -0.0622 e. The molecule has 0 aliphatic heterocycles. The first kappa shape index (κ1) is 48.1. The van der Waals surface area contributed by atoms with Gasteiger partial charge in [-0.05, 0) is 190 Å². The standard InChI is InChI=1S/C82H58/c1-81(2)73-37-19-17-31-61(73)69-47-55(39-45-75(69)81)67-49-71(77-57(51-23-9-5-10-24-51)33-21-34-58(77)52-25-11-6-12-26-52)65-44-42-64-68(56-40-46-76-70(48-56)62-32-18-20-38-74(62)82(76,3)4)50-72(66-43-41-63(67)79(65)80(64)66)78-59(53-27-13-7-14-28-53)35-22-36-60(78)54-29-15-8-16-30-54/h5-50H,1-4H3. The molecule has 0 heteroatoms. The summed E-state index contributed by atoms with van der Waals surface area (Å²) >= 11 is 0. The van der Waals surface area contributed by atoms with E-state index < -0.39 is 0 Å². The van der Waals surface area contributed by atoms with Gasteiger partial charge in [0.05, 0.1) is 0 Å². The summed E-state index contributed by atoms with van der Waals surface area (Å²) < 4.78 is 0. The van der Waals surface area contributed by atoms with Crippen molar-refractivity contribution in [2.75, 3.05) is 0 Å². The Bertz CT molecular complexity index is 4440. The highest BCUT2D eigenvalue weighted by molar-refractivity contribution is 6.33. The molecule has 0 radical (unpaired) electrons. The van der Waals surface area contributed by atoms with Crippen LogP contribution < -0.4 is 0 Å². The molecule has 0 fully saturated rings. The maximum absolute atomic E-state index is 2.55. The Balaban J connectivity index is 1.09. The summed E-state index contributed by atoms with van der Waals surface area (Å²) in [5.74, 6) is 0. The Morgan fingerprint density at radius 3 is 0.805 bits per heavy atom. The van der Waals surface area contributed by atoms with Crippen LogP contribution in [0.25, 0.3) is 144 Å². The monoisotopic (exact) mass is 1040 g/mol. The lowest BCUT2D eigenvalue weighted by Gasteiger charge is -2.25. The van der Waals surface area contributed by atoms with Crippen LogP contribution in [0, 0.1) is 0 Å². The zero-order valence-electron chi connectivity index (χ0n) is 46.6. The Morgan fingerprint density at radius 1 is 0.183 bits per heavy atom. The maximum Gasteiger partial charge on any atom is 0.0158 e. The molecule has 2 aliphatic rings. The number of fused-ring (bicyclic) bond motifs is 6. The van der Waals surface area contributed by atoms with Crippen molar-refractivity contribution in [1.82, 2.24) is 0 Å². The lowest BCUT2D eigenvalue weighted by molar-refractivity contribution is 0.660. The van der Waals surface area contributed by atoms with Crippen LogP contribution in [0.3, 0.4) is 0 Å². The molecular weight excluding hydrogens is 985 g/mol. The highest BCUT2D eigenvalue weighted by atomic mass is 14.4. The van der Waals surface area contributed by atoms with Crippen LogP contribution in [-0.2, 0) is 10.8 Å². The van der Waals surface area contributed by atoms with Gasteiger partial charge in [-0.2, -0.15) is 0 Å². The van der Waals surface area contributed by atoms with E-state index >= 15 is 0 Å². The van der Waals surface area contributed by atoms with Crippen molar-refractivity contribution in [2.24, 2.45) is 0 Å². The van der Waals surface area contributed by atoms with Gasteiger partial charge in [-0.25, -0.2) is 0 Å². The third-order valence-electron chi connectivity index (χ3n) is 18.7. The van der Waals surface area contributed by atoms with Crippen molar-refractivity contribution < 1.29 is 0 Å². The molecular formula is C82H58. The fourth-order valence-corrected chi connectivity index (χ4v) is 14.8. The molecule has 14 aromatic rings. The minimum atomic E-state index is -0.117. The van der Waals surface area contributed by atoms with Crippen LogP contribution in [0.1, 0.15) is 49.9 Å². The van der Waals surface area contributed by atoms with Crippen LogP contribution in [0.15, 0.2) is 279 Å². The first-order valence-electron chi connectivity index (χ1n) is 29.0. The molecule has 2 aliphatic carbocycles. The van der Waals surface area contributed by atoms with Gasteiger partial charge >= 0.3 is 0 Å². The average molecular weight is 1040 g/mol. The molecule has 14 aromatic carbocycles. The van der Waals surface area contributed by atoms with E-state index in [0.717, 1.165) is 0 Å². The molecule has 0 bridgehead atoms. The van der Waals surface area contributed by atoms with Gasteiger partial charge in [-0.15, -0.1) is 0 Å². The Kier molecular flexibility index (Phi) is 10.7. The second-order valence-corrected chi connectivity index (χ2v) is 23.8. The lowest BCUT2D eigenvalue weighted by Crippen LogP contribution is -2.14. The second kappa shape index (κ2) is 18.3. The van der Waals surface area contributed by atoms with Gasteiger partial charge in [0.25, 0.3) is 0 Å². The smallest absolute Gasteiger partial charge is 0.0158 e. The molecule has 0 heterocycles. The highest BCUT2D eigenvalue weighted by Crippen LogP contribution is 2.56. The van der Waals surface area contributed by atoms with Gasteiger partial charge in [-0.1, -0.05) is 282 Å². The average Bonchev–Trinajstić information content (AvgIpc) is 4.06. The summed E-state index contributed by atoms with van der Waals surface area (Å²) in [6, 6.07) is 106. The predicted octanol–water partition coefficient (Wildman–Crippen LogP) is 22.5. The molecule has 16 rings (SSSR count). The molecule has 0 saturated heterocycles. The SMILES string of the molecule is CC1(C)c2ccccc2-c2cc(-c3cc(-c4c(-c5ccccc5)cccc4-c4ccccc4)c4ccc5c(-c6ccc7c(c6)-c6ccccc6C7(C)C)cc(-c6c(-c7ccccc7)cccc6-c6ccccc6)c6ccc3c4c56)ccc21. The Morgan fingerprint density at radius 2 is 0.463 bits per heavy atom. The van der Waals surface area contributed by atoms with E-state index in [1.54, 1.807) is 0 Å². The van der Waals surface area contributed by atoms with Crippen LogP contribution in [0.5, 0.6) is 0 Å². The normalized spacial score (nSPS) is 13.6. The van der Waals surface area contributed by atoms with Crippen LogP contribution in [0.4, 0.5) is 0 Å². The van der Waals surface area contributed by atoms with Crippen LogP contribution >= 0.6 is 0 Å². The molecule has 0 N–H and O–H groups in total. The molecule has 0 saturated carbocycles. The predicted molar refractivity (Wildman–Crippen MR) is 349 cm³/mol. The molecule has 0 amide bonds. The van der Waals surface area contributed by atoms with E-state index in [0.29, 0.717) is 0 Å². The van der Waals surface area contributed by atoms with E-state index in [4.69, 9.17) is 0 Å². The largest absolute Gasteiger partial charge is 0.0622 e. The first-order valence-corrected chi connectivity index (χ1v) is 29.0. The minimum absolute atomic E-state index is 0.117. The van der Waals surface area contributed by atoms with Crippen molar-refractivity contribution in [1.29, 1.82) is 0 Å². The van der Waals surface area contributed by atoms with Gasteiger partial charge in [0.1, 0.15) is 0 Å². The fraction of sp³-hybridized carbons (Fsp3) is 0.0732. The molecule has 0 atom stereocenters. The highest BCUT2D eigenvalue weighted by Gasteiger charge is 2.37. The number of rotatable bonds is 8. The molecule has 0 unspecified atom stereocenters. The van der Waals surface area contributed by atoms with Crippen molar-refractivity contribution in [3.8, 4) is 111 Å². The van der Waals surface area contributed by atoms with E-state index in [-0.39, 0.29) is 10.8 Å². The van der Waals surface area contributed by atoms with E-state index in [2.05, 4.69) is 307 Å². The topological polar surface area (TPSA) is 0 Å². The van der Waals surface area contributed by atoms with Crippen molar-refractivity contribution in [3.05, 3.63) is 301 Å². The summed E-state index contributed by atoms with van der Waals surface area (Å²) in [5, 5.41) is 7.51. The van der Waals surface area contributed by atoms with E-state index in [9.17, 15) is 0 Å². The van der Waals surface area contributed by atoms with Gasteiger partial charge in [-0.3, -0.25) is 0 Å². The first-order chi connectivity index (χ1) is 40.2. The Labute approximate surface area is 480 Å². The number of benzene rings is 14. The van der Waals surface area contributed by atoms with Gasteiger partial charge in [0.2, 0.25) is 0 Å². The number of hydrogen-bond acceptors (Lipinski definition) is 0. The summed E-state index contributed by atoms with van der Waals surface area (Å²) in [4.78, 5) is 0. The molecule has 386 valence electrons. The summed E-state index contributed by atoms with van der Waals surface area (Å²) in [5.41, 5.74) is 29.9. The maximum atomic E-state index is 2.55. The van der Waals surface area contributed by atoms with Crippen LogP contribution in [0.2, 0.25) is 0 Å². The molecule has 0 nitrogen and oxygen atoms in total. The second-order valence-electron chi connectivity index (χ2n) is 23.8. The third kappa shape index (κ3) is 7.17. The quantitative estimate of drug-likeness (QED) is 0.133. The molecule has 0 spiro atoms. The number of hydrogen-bond donors (Lipinski definition) is 0. The van der Waals surface area contributed by atoms with Gasteiger partial charge in [0, 0.05) is 10.8 Å². The van der Waals surface area contributed by atoms with Crippen molar-refractivity contribution in [2.45, 2.75) is 38.5 Å². The zero-order valence-corrected chi connectivity index (χ0v) is 46.6. The fourth-order valence-electron chi connectivity index (χ4n) is 14.8. The van der Waals surface area contributed by atoms with Gasteiger partial charge < -0.3 is 0 Å². The summed E-state index contributed by atoms with van der Waals surface area (Å²) in [6.07, 6.45) is 0. The van der Waals surface area contributed by atoms with Crippen molar-refractivity contribution >= 4 is 32.3 Å². The van der Waals surface area contributed by atoms with Crippen LogP contribution in [-0.4, -0.2) is 0 Å². The van der Waals surface area contributed by atoms with E-state index in [1.165, 1.54) is 166 Å². The molecule has 82 heavy (non-hydrogen) atoms. The zero-order chi connectivity index (χ0) is 54.8. The van der Waals surface area contributed by atoms with Gasteiger partial charge in [0.15, 0.2) is 0 Å². The summed E-state index contributed by atoms with van der Waals surface area (Å²) in [7, 11) is 0. The lowest BCUT2D eigenvalue weighted by atomic mass is 9.78. The van der Waals surface area contributed by atoms with Crippen molar-refractivity contribution in [3.63, 3.8) is 0 Å². The third-order valence-corrected chi connectivity index (χ3v) is 18.7.